The lowest BCUT2D eigenvalue weighted by Gasteiger charge is -2.09. The third-order valence-corrected chi connectivity index (χ3v) is 2.98. The molecule has 2 rings (SSSR count). The van der Waals surface area contributed by atoms with E-state index in [4.69, 9.17) is 4.74 Å². The fraction of sp³-hybridized carbons (Fsp3) is 0.294. The molecule has 0 aliphatic heterocycles. The second kappa shape index (κ2) is 7.55. The van der Waals surface area contributed by atoms with E-state index in [1.54, 1.807) is 24.5 Å². The molecule has 1 aromatic carbocycles. The predicted octanol–water partition coefficient (Wildman–Crippen LogP) is 2.94. The van der Waals surface area contributed by atoms with Crippen LogP contribution in [0.25, 0.3) is 0 Å². The Bertz CT molecular complexity index is 565. The average Bonchev–Trinajstić information content (AvgIpc) is 2.52. The van der Waals surface area contributed by atoms with E-state index in [0.29, 0.717) is 18.7 Å². The minimum Gasteiger partial charge on any atom is -0.374 e. The van der Waals surface area contributed by atoms with Gasteiger partial charge in [0.1, 0.15) is 0 Å². The summed E-state index contributed by atoms with van der Waals surface area (Å²) >= 11 is 0. The van der Waals surface area contributed by atoms with Crippen molar-refractivity contribution in [3.05, 3.63) is 65.5 Å². The van der Waals surface area contributed by atoms with Gasteiger partial charge in [-0.1, -0.05) is 24.3 Å². The quantitative estimate of drug-likeness (QED) is 0.887. The van der Waals surface area contributed by atoms with Crippen LogP contribution >= 0.6 is 0 Å². The number of pyridine rings is 1. The molecule has 0 saturated carbocycles. The number of amides is 1. The normalized spacial score (nSPS) is 10.6. The van der Waals surface area contributed by atoms with E-state index in [2.05, 4.69) is 10.3 Å². The second-order valence-corrected chi connectivity index (χ2v) is 5.10. The Morgan fingerprint density at radius 3 is 2.52 bits per heavy atom. The van der Waals surface area contributed by atoms with Crippen molar-refractivity contribution in [2.45, 2.75) is 33.1 Å². The van der Waals surface area contributed by atoms with Crippen LogP contribution in [0.5, 0.6) is 0 Å². The first kappa shape index (κ1) is 15.2. The van der Waals surface area contributed by atoms with Crippen LogP contribution in [-0.2, 0) is 17.9 Å². The van der Waals surface area contributed by atoms with Crippen molar-refractivity contribution >= 4 is 5.91 Å². The Hall–Kier alpha value is -2.20. The lowest BCUT2D eigenvalue weighted by molar-refractivity contribution is 0.0657. The first-order valence-corrected chi connectivity index (χ1v) is 7.03. The molecule has 0 aliphatic rings. The van der Waals surface area contributed by atoms with Crippen LogP contribution in [0.4, 0.5) is 0 Å². The standard InChI is InChI=1S/C17H20N2O2/c1-13(2)21-12-15-7-5-14(6-8-15)10-19-17(20)16-4-3-9-18-11-16/h3-9,11,13H,10,12H2,1-2H3,(H,19,20). The Morgan fingerprint density at radius 2 is 1.90 bits per heavy atom. The smallest absolute Gasteiger partial charge is 0.253 e. The van der Waals surface area contributed by atoms with Crippen molar-refractivity contribution in [3.63, 3.8) is 0 Å². The number of aromatic nitrogens is 1. The van der Waals surface area contributed by atoms with Gasteiger partial charge in [-0.05, 0) is 37.1 Å². The minimum atomic E-state index is -0.115. The summed E-state index contributed by atoms with van der Waals surface area (Å²) in [6.45, 7) is 5.14. The third-order valence-electron chi connectivity index (χ3n) is 2.98. The summed E-state index contributed by atoms with van der Waals surface area (Å²) in [6.07, 6.45) is 3.43. The van der Waals surface area contributed by atoms with Crippen LogP contribution in [0.3, 0.4) is 0 Å². The molecule has 0 radical (unpaired) electrons. The summed E-state index contributed by atoms with van der Waals surface area (Å²) in [5, 5.41) is 2.87. The van der Waals surface area contributed by atoms with E-state index >= 15 is 0 Å². The molecule has 4 nitrogen and oxygen atoms in total. The molecule has 1 N–H and O–H groups in total. The highest BCUT2D eigenvalue weighted by molar-refractivity contribution is 5.93. The molecule has 0 aliphatic carbocycles. The van der Waals surface area contributed by atoms with Crippen LogP contribution in [0.15, 0.2) is 48.8 Å². The number of ether oxygens (including phenoxy) is 1. The van der Waals surface area contributed by atoms with Crippen molar-refractivity contribution in [1.82, 2.24) is 10.3 Å². The Kier molecular flexibility index (Phi) is 5.46. The maximum Gasteiger partial charge on any atom is 0.253 e. The fourth-order valence-electron chi connectivity index (χ4n) is 1.80. The minimum absolute atomic E-state index is 0.115. The number of hydrogen-bond acceptors (Lipinski definition) is 3. The van der Waals surface area contributed by atoms with Crippen LogP contribution in [0.2, 0.25) is 0 Å². The highest BCUT2D eigenvalue weighted by atomic mass is 16.5. The van der Waals surface area contributed by atoms with Gasteiger partial charge in [0.25, 0.3) is 5.91 Å². The van der Waals surface area contributed by atoms with Crippen molar-refractivity contribution in [1.29, 1.82) is 0 Å². The summed E-state index contributed by atoms with van der Waals surface area (Å²) in [5.41, 5.74) is 2.76. The number of hydrogen-bond donors (Lipinski definition) is 1. The zero-order valence-corrected chi connectivity index (χ0v) is 12.4. The molecule has 0 bridgehead atoms. The molecule has 0 spiro atoms. The Balaban J connectivity index is 1.85. The molecular weight excluding hydrogens is 264 g/mol. The number of carbonyl (C=O) groups is 1. The molecule has 4 heteroatoms. The number of nitrogens with one attached hydrogen (secondary N) is 1. The molecule has 0 atom stereocenters. The number of rotatable bonds is 6. The van der Waals surface area contributed by atoms with Crippen molar-refractivity contribution in [2.24, 2.45) is 0 Å². The van der Waals surface area contributed by atoms with Crippen LogP contribution in [0, 0.1) is 0 Å². The highest BCUT2D eigenvalue weighted by Gasteiger charge is 2.04. The summed E-state index contributed by atoms with van der Waals surface area (Å²) < 4.78 is 5.55. The molecule has 0 fully saturated rings. The molecule has 110 valence electrons. The van der Waals surface area contributed by atoms with Crippen molar-refractivity contribution in [3.8, 4) is 0 Å². The molecule has 21 heavy (non-hydrogen) atoms. The van der Waals surface area contributed by atoms with Gasteiger partial charge in [-0.3, -0.25) is 9.78 Å². The summed E-state index contributed by atoms with van der Waals surface area (Å²) in [5.74, 6) is -0.115. The van der Waals surface area contributed by atoms with Crippen LogP contribution in [-0.4, -0.2) is 17.0 Å². The molecule has 0 saturated heterocycles. The number of carbonyl (C=O) groups excluding carboxylic acids is 1. The van der Waals surface area contributed by atoms with Crippen LogP contribution < -0.4 is 5.32 Å². The monoisotopic (exact) mass is 284 g/mol. The molecule has 1 amide bonds. The van der Waals surface area contributed by atoms with Gasteiger partial charge in [-0.2, -0.15) is 0 Å². The van der Waals surface area contributed by atoms with Gasteiger partial charge in [0.15, 0.2) is 0 Å². The molecule has 1 aromatic heterocycles. The third kappa shape index (κ3) is 5.00. The topological polar surface area (TPSA) is 51.2 Å². The molecule has 2 aromatic rings. The lowest BCUT2D eigenvalue weighted by atomic mass is 10.1. The van der Waals surface area contributed by atoms with Gasteiger partial charge in [-0.15, -0.1) is 0 Å². The van der Waals surface area contributed by atoms with E-state index in [1.165, 1.54) is 0 Å². The van der Waals surface area contributed by atoms with E-state index in [1.807, 2.05) is 38.1 Å². The van der Waals surface area contributed by atoms with Gasteiger partial charge in [0.05, 0.1) is 18.3 Å². The Morgan fingerprint density at radius 1 is 1.19 bits per heavy atom. The first-order chi connectivity index (χ1) is 10.1. The van der Waals surface area contributed by atoms with Gasteiger partial charge < -0.3 is 10.1 Å². The second-order valence-electron chi connectivity index (χ2n) is 5.10. The number of benzene rings is 1. The lowest BCUT2D eigenvalue weighted by Crippen LogP contribution is -2.22. The molecular formula is C17H20N2O2. The summed E-state index contributed by atoms with van der Waals surface area (Å²) in [6, 6.07) is 11.5. The van der Waals surface area contributed by atoms with Crippen molar-refractivity contribution < 1.29 is 9.53 Å². The predicted molar refractivity (Wildman–Crippen MR) is 81.8 cm³/mol. The SMILES string of the molecule is CC(C)OCc1ccc(CNC(=O)c2cccnc2)cc1. The van der Waals surface area contributed by atoms with E-state index in [9.17, 15) is 4.79 Å². The van der Waals surface area contributed by atoms with Crippen molar-refractivity contribution in [2.75, 3.05) is 0 Å². The zero-order chi connectivity index (χ0) is 15.1. The molecule has 0 unspecified atom stereocenters. The zero-order valence-electron chi connectivity index (χ0n) is 12.4. The first-order valence-electron chi connectivity index (χ1n) is 7.03. The largest absolute Gasteiger partial charge is 0.374 e. The van der Waals surface area contributed by atoms with Gasteiger partial charge >= 0.3 is 0 Å². The Labute approximate surface area is 125 Å². The maximum absolute atomic E-state index is 11.9. The van der Waals surface area contributed by atoms with E-state index < -0.39 is 0 Å². The molecule has 1 heterocycles. The average molecular weight is 284 g/mol. The highest BCUT2D eigenvalue weighted by Crippen LogP contribution is 2.07. The summed E-state index contributed by atoms with van der Waals surface area (Å²) in [7, 11) is 0. The number of nitrogens with zero attached hydrogens (tertiary/aromatic N) is 1. The maximum atomic E-state index is 11.9. The van der Waals surface area contributed by atoms with E-state index in [0.717, 1.165) is 11.1 Å². The van der Waals surface area contributed by atoms with E-state index in [-0.39, 0.29) is 12.0 Å². The van der Waals surface area contributed by atoms with Crippen LogP contribution in [0.1, 0.15) is 35.3 Å². The summed E-state index contributed by atoms with van der Waals surface area (Å²) in [4.78, 5) is 15.8. The van der Waals surface area contributed by atoms with Gasteiger partial charge in [-0.25, -0.2) is 0 Å². The van der Waals surface area contributed by atoms with Gasteiger partial charge in [0, 0.05) is 18.9 Å². The van der Waals surface area contributed by atoms with Gasteiger partial charge in [0.2, 0.25) is 0 Å². The fourth-order valence-corrected chi connectivity index (χ4v) is 1.80.